The normalized spacial score (nSPS) is 16.2. The first-order valence-corrected chi connectivity index (χ1v) is 4.55. The highest BCUT2D eigenvalue weighted by molar-refractivity contribution is 6.38. The number of hydrazone groups is 1. The van der Waals surface area contributed by atoms with Crippen LogP contribution in [0, 0.1) is 11.3 Å². The zero-order valence-electron chi connectivity index (χ0n) is 7.81. The summed E-state index contributed by atoms with van der Waals surface area (Å²) in [4.78, 5) is 6.20. The fourth-order valence-corrected chi connectivity index (χ4v) is 1.76. The van der Waals surface area contributed by atoms with Crippen molar-refractivity contribution in [1.29, 1.82) is 5.26 Å². The monoisotopic (exact) mass is 197 g/mol. The van der Waals surface area contributed by atoms with Crippen LogP contribution in [0.4, 0.5) is 11.4 Å². The van der Waals surface area contributed by atoms with Crippen molar-refractivity contribution < 1.29 is 0 Å². The molecule has 5 heteroatoms. The molecule has 0 atom stereocenters. The standard InChI is InChI=1S/C10H7N5/c11-4-7-2-1-3-8-10(7)15-6-13-14-9(15)5-12-8/h1-3,5,13H,6H2. The number of para-hydroxylation sites is 1. The van der Waals surface area contributed by atoms with Crippen LogP contribution in [-0.4, -0.2) is 18.7 Å². The average molecular weight is 197 g/mol. The van der Waals surface area contributed by atoms with E-state index < -0.39 is 0 Å². The number of nitrogens with one attached hydrogen (secondary N) is 1. The van der Waals surface area contributed by atoms with Crippen LogP contribution in [-0.2, 0) is 0 Å². The highest BCUT2D eigenvalue weighted by Crippen LogP contribution is 2.35. The second kappa shape index (κ2) is 2.82. The van der Waals surface area contributed by atoms with E-state index in [0.29, 0.717) is 12.2 Å². The van der Waals surface area contributed by atoms with Gasteiger partial charge < -0.3 is 4.90 Å². The molecule has 0 bridgehead atoms. The van der Waals surface area contributed by atoms with Crippen LogP contribution in [0.15, 0.2) is 28.3 Å². The first kappa shape index (κ1) is 8.00. The molecule has 1 N–H and O–H groups in total. The number of hydrogen-bond donors (Lipinski definition) is 1. The molecule has 2 heterocycles. The van der Waals surface area contributed by atoms with Gasteiger partial charge in [-0.2, -0.15) is 10.4 Å². The molecule has 2 aliphatic rings. The number of amidine groups is 1. The van der Waals surface area contributed by atoms with Gasteiger partial charge in [0.25, 0.3) is 0 Å². The maximum atomic E-state index is 9.02. The maximum Gasteiger partial charge on any atom is 0.173 e. The Hall–Kier alpha value is -2.35. The third-order valence-electron chi connectivity index (χ3n) is 2.42. The minimum absolute atomic E-state index is 0.590. The van der Waals surface area contributed by atoms with Crippen molar-refractivity contribution in [2.45, 2.75) is 0 Å². The summed E-state index contributed by atoms with van der Waals surface area (Å²) in [5, 5.41) is 13.1. The first-order valence-electron chi connectivity index (χ1n) is 4.55. The van der Waals surface area contributed by atoms with E-state index in [-0.39, 0.29) is 0 Å². The molecule has 15 heavy (non-hydrogen) atoms. The first-order chi connectivity index (χ1) is 7.40. The van der Waals surface area contributed by atoms with Gasteiger partial charge in [-0.3, -0.25) is 10.4 Å². The molecule has 1 aromatic carbocycles. The SMILES string of the molecule is N#Cc1cccc2c1N1CNN=C1C=N2. The molecule has 0 radical (unpaired) electrons. The largest absolute Gasteiger partial charge is 0.301 e. The zero-order valence-corrected chi connectivity index (χ0v) is 7.81. The minimum atomic E-state index is 0.590. The summed E-state index contributed by atoms with van der Waals surface area (Å²) in [6.45, 7) is 0.590. The molecule has 5 nitrogen and oxygen atoms in total. The van der Waals surface area contributed by atoms with Crippen LogP contribution in [0.3, 0.4) is 0 Å². The minimum Gasteiger partial charge on any atom is -0.301 e. The van der Waals surface area contributed by atoms with Gasteiger partial charge in [0.1, 0.15) is 12.7 Å². The molecule has 72 valence electrons. The Bertz CT molecular complexity index is 523. The third kappa shape index (κ3) is 1.02. The van der Waals surface area contributed by atoms with E-state index in [9.17, 15) is 0 Å². The van der Waals surface area contributed by atoms with Crippen LogP contribution in [0.5, 0.6) is 0 Å². The molecular formula is C10H7N5. The van der Waals surface area contributed by atoms with Gasteiger partial charge in [0, 0.05) is 0 Å². The molecule has 1 aromatic rings. The quantitative estimate of drug-likeness (QED) is 0.673. The molecule has 0 unspecified atom stereocenters. The summed E-state index contributed by atoms with van der Waals surface area (Å²) in [5.41, 5.74) is 5.15. The highest BCUT2D eigenvalue weighted by atomic mass is 15.5. The van der Waals surface area contributed by atoms with Crippen LogP contribution in [0.25, 0.3) is 0 Å². The Morgan fingerprint density at radius 2 is 2.40 bits per heavy atom. The summed E-state index contributed by atoms with van der Waals surface area (Å²) in [6, 6.07) is 7.68. The third-order valence-corrected chi connectivity index (χ3v) is 2.42. The van der Waals surface area contributed by atoms with Crippen molar-refractivity contribution in [3.63, 3.8) is 0 Å². The maximum absolute atomic E-state index is 9.02. The van der Waals surface area contributed by atoms with Crippen molar-refractivity contribution in [1.82, 2.24) is 5.43 Å². The zero-order chi connectivity index (χ0) is 10.3. The number of nitriles is 1. The van der Waals surface area contributed by atoms with Gasteiger partial charge >= 0.3 is 0 Å². The Morgan fingerprint density at radius 1 is 1.47 bits per heavy atom. The lowest BCUT2D eigenvalue weighted by atomic mass is 10.1. The van der Waals surface area contributed by atoms with Crippen molar-refractivity contribution in [3.05, 3.63) is 23.8 Å². The predicted octanol–water partition coefficient (Wildman–Crippen LogP) is 0.955. The van der Waals surface area contributed by atoms with Gasteiger partial charge in [0.05, 0.1) is 23.2 Å². The van der Waals surface area contributed by atoms with E-state index in [1.54, 1.807) is 12.3 Å². The number of benzene rings is 1. The van der Waals surface area contributed by atoms with Gasteiger partial charge in [-0.25, -0.2) is 0 Å². The second-order valence-corrected chi connectivity index (χ2v) is 3.26. The molecular weight excluding hydrogens is 190 g/mol. The van der Waals surface area contributed by atoms with E-state index in [2.05, 4.69) is 21.6 Å². The van der Waals surface area contributed by atoms with Crippen LogP contribution in [0.1, 0.15) is 5.56 Å². The molecule has 0 aromatic heterocycles. The second-order valence-electron chi connectivity index (χ2n) is 3.26. The number of fused-ring (bicyclic) bond motifs is 3. The van der Waals surface area contributed by atoms with Crippen molar-refractivity contribution in [2.75, 3.05) is 11.6 Å². The van der Waals surface area contributed by atoms with Crippen molar-refractivity contribution in [3.8, 4) is 6.07 Å². The van der Waals surface area contributed by atoms with Gasteiger partial charge in [0.2, 0.25) is 0 Å². The molecule has 3 rings (SSSR count). The van der Waals surface area contributed by atoms with Gasteiger partial charge in [0.15, 0.2) is 5.84 Å². The number of nitrogens with zero attached hydrogens (tertiary/aromatic N) is 4. The number of hydrogen-bond acceptors (Lipinski definition) is 5. The van der Waals surface area contributed by atoms with Crippen LogP contribution >= 0.6 is 0 Å². The lowest BCUT2D eigenvalue weighted by Crippen LogP contribution is -2.32. The van der Waals surface area contributed by atoms with E-state index in [0.717, 1.165) is 17.2 Å². The van der Waals surface area contributed by atoms with E-state index in [1.165, 1.54) is 0 Å². The molecule has 0 saturated heterocycles. The highest BCUT2D eigenvalue weighted by Gasteiger charge is 2.25. The summed E-state index contributed by atoms with van der Waals surface area (Å²) in [5.74, 6) is 0.755. The van der Waals surface area contributed by atoms with Crippen molar-refractivity contribution in [2.24, 2.45) is 10.1 Å². The fraction of sp³-hybridized carbons (Fsp3) is 0.100. The lowest BCUT2D eigenvalue weighted by molar-refractivity contribution is 0.807. The Balaban J connectivity index is 2.26. The van der Waals surface area contributed by atoms with Gasteiger partial charge in [-0.15, -0.1) is 0 Å². The molecule has 0 saturated carbocycles. The summed E-state index contributed by atoms with van der Waals surface area (Å²) in [7, 11) is 0. The van der Waals surface area contributed by atoms with Gasteiger partial charge in [-0.1, -0.05) is 6.07 Å². The summed E-state index contributed by atoms with van der Waals surface area (Å²) >= 11 is 0. The topological polar surface area (TPSA) is 63.8 Å². The number of anilines is 1. The van der Waals surface area contributed by atoms with E-state index in [4.69, 9.17) is 5.26 Å². The average Bonchev–Trinajstić information content (AvgIpc) is 2.76. The Morgan fingerprint density at radius 3 is 3.27 bits per heavy atom. The molecule has 0 amide bonds. The van der Waals surface area contributed by atoms with Crippen LogP contribution < -0.4 is 10.3 Å². The molecule has 0 fully saturated rings. The van der Waals surface area contributed by atoms with Gasteiger partial charge in [-0.05, 0) is 12.1 Å². The fourth-order valence-electron chi connectivity index (χ4n) is 1.76. The van der Waals surface area contributed by atoms with E-state index >= 15 is 0 Å². The summed E-state index contributed by atoms with van der Waals surface area (Å²) in [6.07, 6.45) is 1.70. The Kier molecular flexibility index (Phi) is 1.50. The number of aliphatic imine (C=N–C) groups is 1. The van der Waals surface area contributed by atoms with Crippen LogP contribution in [0.2, 0.25) is 0 Å². The molecule has 0 spiro atoms. The lowest BCUT2D eigenvalue weighted by Gasteiger charge is -2.23. The van der Waals surface area contributed by atoms with E-state index in [1.807, 2.05) is 17.0 Å². The number of rotatable bonds is 0. The smallest absolute Gasteiger partial charge is 0.173 e. The molecule has 2 aliphatic heterocycles. The Labute approximate surface area is 86.3 Å². The van der Waals surface area contributed by atoms with Crippen molar-refractivity contribution >= 4 is 23.4 Å². The predicted molar refractivity (Wildman–Crippen MR) is 57.2 cm³/mol. The molecule has 0 aliphatic carbocycles. The summed E-state index contributed by atoms with van der Waals surface area (Å²) < 4.78 is 0.